The molecule has 3 fully saturated rings. The SMILES string of the molecule is O=C1CCC(NC2CCN(c3ccccn3)CC2)C2(CCC2)N1. The zero-order chi connectivity index (χ0) is 15.7. The number of aromatic nitrogens is 1. The molecule has 4 rings (SSSR count). The van der Waals surface area contributed by atoms with Crippen LogP contribution >= 0.6 is 0 Å². The molecule has 1 spiro atoms. The summed E-state index contributed by atoms with van der Waals surface area (Å²) in [6, 6.07) is 7.13. The molecule has 5 nitrogen and oxygen atoms in total. The van der Waals surface area contributed by atoms with Gasteiger partial charge in [0.05, 0.1) is 5.54 Å². The van der Waals surface area contributed by atoms with Gasteiger partial charge in [-0.3, -0.25) is 4.79 Å². The molecule has 23 heavy (non-hydrogen) atoms. The smallest absolute Gasteiger partial charge is 0.220 e. The summed E-state index contributed by atoms with van der Waals surface area (Å²) in [4.78, 5) is 18.6. The van der Waals surface area contributed by atoms with Crippen molar-refractivity contribution in [2.75, 3.05) is 18.0 Å². The Morgan fingerprint density at radius 1 is 1.22 bits per heavy atom. The molecule has 1 saturated carbocycles. The Morgan fingerprint density at radius 3 is 2.70 bits per heavy atom. The number of hydrogen-bond donors (Lipinski definition) is 2. The van der Waals surface area contributed by atoms with E-state index in [0.29, 0.717) is 18.5 Å². The average Bonchev–Trinajstić information content (AvgIpc) is 2.56. The second-order valence-corrected chi connectivity index (χ2v) is 7.27. The first-order valence-corrected chi connectivity index (χ1v) is 8.98. The fourth-order valence-electron chi connectivity index (χ4n) is 4.35. The molecule has 2 N–H and O–H groups in total. The third kappa shape index (κ3) is 2.94. The normalized spacial score (nSPS) is 27.6. The summed E-state index contributed by atoms with van der Waals surface area (Å²) >= 11 is 0. The summed E-state index contributed by atoms with van der Waals surface area (Å²) in [6.45, 7) is 2.11. The number of hydrogen-bond acceptors (Lipinski definition) is 4. The highest BCUT2D eigenvalue weighted by Gasteiger charge is 2.48. The van der Waals surface area contributed by atoms with Crippen LogP contribution < -0.4 is 15.5 Å². The fraction of sp³-hybridized carbons (Fsp3) is 0.667. The Labute approximate surface area is 137 Å². The van der Waals surface area contributed by atoms with Gasteiger partial charge in [0.15, 0.2) is 0 Å². The van der Waals surface area contributed by atoms with Crippen molar-refractivity contribution in [3.63, 3.8) is 0 Å². The Bertz CT molecular complexity index is 549. The molecule has 2 saturated heterocycles. The monoisotopic (exact) mass is 314 g/mol. The van der Waals surface area contributed by atoms with Gasteiger partial charge in [0, 0.05) is 37.8 Å². The highest BCUT2D eigenvalue weighted by atomic mass is 16.1. The summed E-state index contributed by atoms with van der Waals surface area (Å²) in [6.07, 6.45) is 9.36. The van der Waals surface area contributed by atoms with Gasteiger partial charge in [-0.05, 0) is 50.7 Å². The number of rotatable bonds is 3. The van der Waals surface area contributed by atoms with Crippen molar-refractivity contribution in [3.05, 3.63) is 24.4 Å². The standard InChI is InChI=1S/C18H26N4O/c23-17-6-5-15(18(21-17)9-3-10-18)20-14-7-12-22(13-8-14)16-4-1-2-11-19-16/h1-2,4,11,14-15,20H,3,5-10,12-13H2,(H,21,23). The number of anilines is 1. The zero-order valence-electron chi connectivity index (χ0n) is 13.6. The molecule has 0 bridgehead atoms. The van der Waals surface area contributed by atoms with Crippen LogP contribution in [0.2, 0.25) is 0 Å². The number of piperidine rings is 2. The second kappa shape index (κ2) is 6.11. The lowest BCUT2D eigenvalue weighted by Crippen LogP contribution is -2.69. The minimum absolute atomic E-state index is 0.0629. The van der Waals surface area contributed by atoms with E-state index in [-0.39, 0.29) is 11.4 Å². The zero-order valence-corrected chi connectivity index (χ0v) is 13.6. The van der Waals surface area contributed by atoms with E-state index in [1.165, 1.54) is 6.42 Å². The van der Waals surface area contributed by atoms with E-state index in [0.717, 1.165) is 51.0 Å². The molecule has 1 unspecified atom stereocenters. The highest BCUT2D eigenvalue weighted by molar-refractivity contribution is 5.78. The maximum Gasteiger partial charge on any atom is 0.220 e. The van der Waals surface area contributed by atoms with Gasteiger partial charge in [0.2, 0.25) is 5.91 Å². The maximum atomic E-state index is 11.8. The lowest BCUT2D eigenvalue weighted by atomic mass is 9.68. The summed E-state index contributed by atoms with van der Waals surface area (Å²) in [5.41, 5.74) is 0.0629. The van der Waals surface area contributed by atoms with E-state index in [4.69, 9.17) is 0 Å². The Hall–Kier alpha value is -1.62. The highest BCUT2D eigenvalue weighted by Crippen LogP contribution is 2.39. The fourth-order valence-corrected chi connectivity index (χ4v) is 4.35. The molecule has 3 heterocycles. The average molecular weight is 314 g/mol. The summed E-state index contributed by atoms with van der Waals surface area (Å²) < 4.78 is 0. The first-order valence-electron chi connectivity index (χ1n) is 8.98. The van der Waals surface area contributed by atoms with Gasteiger partial charge in [-0.25, -0.2) is 4.98 Å². The van der Waals surface area contributed by atoms with Crippen LogP contribution in [0.1, 0.15) is 44.9 Å². The number of nitrogens with one attached hydrogen (secondary N) is 2. The summed E-state index contributed by atoms with van der Waals surface area (Å²) in [5.74, 6) is 1.33. The predicted molar refractivity (Wildman–Crippen MR) is 90.4 cm³/mol. The largest absolute Gasteiger partial charge is 0.357 e. The van der Waals surface area contributed by atoms with Crippen molar-refractivity contribution in [1.82, 2.24) is 15.6 Å². The number of carbonyl (C=O) groups excluding carboxylic acids is 1. The van der Waals surface area contributed by atoms with Crippen molar-refractivity contribution in [2.24, 2.45) is 0 Å². The first kappa shape index (κ1) is 14.9. The van der Waals surface area contributed by atoms with Crippen LogP contribution in [-0.4, -0.2) is 41.6 Å². The van der Waals surface area contributed by atoms with E-state index < -0.39 is 0 Å². The predicted octanol–water partition coefficient (Wildman–Crippen LogP) is 1.84. The third-order valence-corrected chi connectivity index (χ3v) is 5.87. The van der Waals surface area contributed by atoms with E-state index in [1.807, 2.05) is 12.3 Å². The molecule has 1 atom stereocenters. The van der Waals surface area contributed by atoms with Crippen LogP contribution in [-0.2, 0) is 4.79 Å². The molecule has 5 heteroatoms. The maximum absolute atomic E-state index is 11.8. The Kier molecular flexibility index (Phi) is 3.97. The second-order valence-electron chi connectivity index (χ2n) is 7.27. The first-order chi connectivity index (χ1) is 11.3. The molecule has 1 amide bonds. The Morgan fingerprint density at radius 2 is 2.04 bits per heavy atom. The number of nitrogens with zero attached hydrogens (tertiary/aromatic N) is 2. The Balaban J connectivity index is 1.33. The molecule has 1 aromatic heterocycles. The molecule has 1 aliphatic carbocycles. The van der Waals surface area contributed by atoms with E-state index in [1.54, 1.807) is 0 Å². The minimum Gasteiger partial charge on any atom is -0.357 e. The number of amides is 1. The molecule has 3 aliphatic rings. The van der Waals surface area contributed by atoms with Gasteiger partial charge < -0.3 is 15.5 Å². The van der Waals surface area contributed by atoms with Crippen molar-refractivity contribution in [3.8, 4) is 0 Å². The van der Waals surface area contributed by atoms with Crippen LogP contribution in [0.5, 0.6) is 0 Å². The van der Waals surface area contributed by atoms with Crippen LogP contribution in [0.25, 0.3) is 0 Å². The van der Waals surface area contributed by atoms with Crippen LogP contribution in [0, 0.1) is 0 Å². The van der Waals surface area contributed by atoms with Crippen LogP contribution in [0.3, 0.4) is 0 Å². The quantitative estimate of drug-likeness (QED) is 0.894. The molecule has 124 valence electrons. The van der Waals surface area contributed by atoms with Gasteiger partial charge in [-0.2, -0.15) is 0 Å². The van der Waals surface area contributed by atoms with Crippen LogP contribution in [0.15, 0.2) is 24.4 Å². The lowest BCUT2D eigenvalue weighted by molar-refractivity contribution is -0.128. The van der Waals surface area contributed by atoms with Crippen molar-refractivity contribution >= 4 is 11.7 Å². The molecule has 0 aromatic carbocycles. The summed E-state index contributed by atoms with van der Waals surface area (Å²) in [5, 5.41) is 7.16. The van der Waals surface area contributed by atoms with Gasteiger partial charge in [-0.1, -0.05) is 6.07 Å². The number of carbonyl (C=O) groups is 1. The lowest BCUT2D eigenvalue weighted by Gasteiger charge is -2.52. The van der Waals surface area contributed by atoms with E-state index >= 15 is 0 Å². The third-order valence-electron chi connectivity index (χ3n) is 5.87. The molecule has 1 aromatic rings. The molecular weight excluding hydrogens is 288 g/mol. The van der Waals surface area contributed by atoms with E-state index in [9.17, 15) is 4.79 Å². The number of pyridine rings is 1. The molecule has 2 aliphatic heterocycles. The van der Waals surface area contributed by atoms with Gasteiger partial charge >= 0.3 is 0 Å². The van der Waals surface area contributed by atoms with Crippen molar-refractivity contribution in [2.45, 2.75) is 62.6 Å². The molecule has 0 radical (unpaired) electrons. The van der Waals surface area contributed by atoms with Gasteiger partial charge in [0.25, 0.3) is 0 Å². The van der Waals surface area contributed by atoms with Crippen molar-refractivity contribution in [1.29, 1.82) is 0 Å². The molecular formula is C18H26N4O. The van der Waals surface area contributed by atoms with Gasteiger partial charge in [0.1, 0.15) is 5.82 Å². The minimum atomic E-state index is 0.0629. The van der Waals surface area contributed by atoms with Gasteiger partial charge in [-0.15, -0.1) is 0 Å². The van der Waals surface area contributed by atoms with Crippen molar-refractivity contribution < 1.29 is 4.79 Å². The van der Waals surface area contributed by atoms with E-state index in [2.05, 4.69) is 32.7 Å². The van der Waals surface area contributed by atoms with Crippen LogP contribution in [0.4, 0.5) is 5.82 Å². The topological polar surface area (TPSA) is 57.3 Å². The summed E-state index contributed by atoms with van der Waals surface area (Å²) in [7, 11) is 0.